The van der Waals surface area contributed by atoms with E-state index in [1.165, 1.54) is 0 Å². The Morgan fingerprint density at radius 3 is 1.66 bits per heavy atom. The first-order chi connectivity index (χ1) is 18.5. The van der Waals surface area contributed by atoms with Crippen LogP contribution in [0.25, 0.3) is 0 Å². The van der Waals surface area contributed by atoms with Gasteiger partial charge in [-0.1, -0.05) is 36.4 Å². The number of methoxy groups -OCH3 is 3. The first kappa shape index (κ1) is 27.5. The Bertz CT molecular complexity index is 1040. The maximum Gasteiger partial charge on any atom is 0.307 e. The van der Waals surface area contributed by atoms with Crippen LogP contribution in [0, 0.1) is 5.92 Å². The molecular formula is C31H37NO6. The number of hydrogen-bond acceptors (Lipinski definition) is 6. The molecule has 1 heterocycles. The molecule has 4 rings (SSSR count). The molecule has 38 heavy (non-hydrogen) atoms. The molecule has 1 aliphatic rings. The van der Waals surface area contributed by atoms with E-state index in [0.717, 1.165) is 66.3 Å². The Balaban J connectivity index is 1.67. The molecule has 1 atom stereocenters. The highest BCUT2D eigenvalue weighted by Crippen LogP contribution is 2.42. The van der Waals surface area contributed by atoms with Gasteiger partial charge in [0, 0.05) is 19.7 Å². The third-order valence-corrected chi connectivity index (χ3v) is 7.28. The molecule has 7 heteroatoms. The first-order valence-electron chi connectivity index (χ1n) is 13.0. The third-order valence-electron chi connectivity index (χ3n) is 7.28. The van der Waals surface area contributed by atoms with Crippen molar-refractivity contribution in [3.05, 3.63) is 89.5 Å². The maximum absolute atomic E-state index is 11.5. The van der Waals surface area contributed by atoms with Gasteiger partial charge in [-0.15, -0.1) is 0 Å². The minimum atomic E-state index is -0.893. The lowest BCUT2D eigenvalue weighted by atomic mass is 9.80. The van der Waals surface area contributed by atoms with Gasteiger partial charge in [0.05, 0.1) is 27.2 Å². The van der Waals surface area contributed by atoms with Gasteiger partial charge in [0.2, 0.25) is 0 Å². The minimum absolute atomic E-state index is 0.290. The van der Waals surface area contributed by atoms with E-state index in [9.17, 15) is 9.90 Å². The number of nitrogens with zero attached hydrogens (tertiary/aromatic N) is 1. The smallest absolute Gasteiger partial charge is 0.307 e. The zero-order valence-corrected chi connectivity index (χ0v) is 22.4. The summed E-state index contributed by atoms with van der Waals surface area (Å²) in [5.41, 5.74) is 2.02. The van der Waals surface area contributed by atoms with Crippen LogP contribution in [0.4, 0.5) is 0 Å². The predicted molar refractivity (Wildman–Crippen MR) is 146 cm³/mol. The van der Waals surface area contributed by atoms with Crippen LogP contribution >= 0.6 is 0 Å². The van der Waals surface area contributed by atoms with Crippen LogP contribution in [-0.2, 0) is 15.1 Å². The van der Waals surface area contributed by atoms with Crippen molar-refractivity contribution in [2.75, 3.05) is 47.6 Å². The lowest BCUT2D eigenvalue weighted by Gasteiger charge is -2.37. The number of ether oxygens (including phenoxy) is 4. The number of carboxylic acids is 1. The molecule has 1 aliphatic heterocycles. The van der Waals surface area contributed by atoms with E-state index in [0.29, 0.717) is 13.2 Å². The van der Waals surface area contributed by atoms with Gasteiger partial charge in [-0.05, 0) is 78.9 Å². The van der Waals surface area contributed by atoms with E-state index >= 15 is 0 Å². The van der Waals surface area contributed by atoms with Crippen molar-refractivity contribution >= 4 is 5.97 Å². The van der Waals surface area contributed by atoms with Crippen molar-refractivity contribution in [2.24, 2.45) is 5.92 Å². The number of piperidine rings is 1. The fraction of sp³-hybridized carbons (Fsp3) is 0.387. The van der Waals surface area contributed by atoms with Crippen molar-refractivity contribution < 1.29 is 28.8 Å². The van der Waals surface area contributed by atoms with E-state index in [2.05, 4.69) is 4.90 Å². The van der Waals surface area contributed by atoms with Crippen LogP contribution in [0.2, 0.25) is 0 Å². The summed E-state index contributed by atoms with van der Waals surface area (Å²) in [6, 6.07) is 23.9. The molecule has 0 saturated carbocycles. The highest BCUT2D eigenvalue weighted by atomic mass is 16.5. The fourth-order valence-electron chi connectivity index (χ4n) is 5.20. The molecule has 7 nitrogen and oxygen atoms in total. The number of aliphatic carboxylic acids is 1. The molecule has 0 aliphatic carbocycles. The quantitative estimate of drug-likeness (QED) is 0.260. The molecule has 0 aromatic heterocycles. The topological polar surface area (TPSA) is 77.5 Å². The lowest BCUT2D eigenvalue weighted by molar-refractivity contribution is -0.143. The van der Waals surface area contributed by atoms with E-state index in [1.807, 2.05) is 72.8 Å². The van der Waals surface area contributed by atoms with E-state index < -0.39 is 11.6 Å². The van der Waals surface area contributed by atoms with Crippen LogP contribution in [0.15, 0.2) is 72.8 Å². The second-order valence-electron chi connectivity index (χ2n) is 9.55. The molecule has 0 bridgehead atoms. The molecule has 0 spiro atoms. The largest absolute Gasteiger partial charge is 0.497 e. The monoisotopic (exact) mass is 519 g/mol. The van der Waals surface area contributed by atoms with Gasteiger partial charge >= 0.3 is 5.97 Å². The summed E-state index contributed by atoms with van der Waals surface area (Å²) in [5.74, 6) is 1.31. The molecule has 0 amide bonds. The zero-order valence-electron chi connectivity index (χ0n) is 22.4. The molecule has 1 fully saturated rings. The fourth-order valence-corrected chi connectivity index (χ4v) is 5.20. The van der Waals surface area contributed by atoms with Crippen molar-refractivity contribution in [3.63, 3.8) is 0 Å². The zero-order chi connectivity index (χ0) is 27.0. The van der Waals surface area contributed by atoms with Gasteiger partial charge in [-0.25, -0.2) is 0 Å². The second kappa shape index (κ2) is 12.8. The number of carboxylic acid groups (broad SMARTS) is 1. The highest BCUT2D eigenvalue weighted by Gasteiger charge is 2.38. The maximum atomic E-state index is 11.5. The Morgan fingerprint density at radius 1 is 0.816 bits per heavy atom. The van der Waals surface area contributed by atoms with Gasteiger partial charge in [-0.3, -0.25) is 4.79 Å². The van der Waals surface area contributed by atoms with Gasteiger partial charge in [0.15, 0.2) is 0 Å². The molecule has 3 aromatic rings. The number of rotatable bonds is 12. The first-order valence-corrected chi connectivity index (χ1v) is 13.0. The van der Waals surface area contributed by atoms with Crippen LogP contribution in [0.1, 0.15) is 36.0 Å². The number of likely N-dealkylation sites (tertiary alicyclic amines) is 1. The van der Waals surface area contributed by atoms with Crippen molar-refractivity contribution in [2.45, 2.75) is 24.9 Å². The summed E-state index contributed by atoms with van der Waals surface area (Å²) in [7, 11) is 4.96. The Labute approximate surface area is 224 Å². The standard InChI is InChI=1S/C31H37NO6/c1-35-27-13-7-24(8-14-27)31(25-9-15-28(36-2)16-10-25,26-11-17-29(37-3)18-12-26)38-21-5-20-32-19-4-6-23(22-32)30(33)34/h7-18,23H,4-6,19-22H2,1-3H3,(H,33,34). The summed E-state index contributed by atoms with van der Waals surface area (Å²) in [6.45, 7) is 2.78. The number of benzene rings is 3. The van der Waals surface area contributed by atoms with Crippen LogP contribution in [0.3, 0.4) is 0 Å². The molecule has 1 N–H and O–H groups in total. The molecule has 3 aromatic carbocycles. The number of carbonyl (C=O) groups is 1. The molecule has 1 saturated heterocycles. The van der Waals surface area contributed by atoms with Crippen molar-refractivity contribution in [1.82, 2.24) is 4.90 Å². The van der Waals surface area contributed by atoms with Crippen LogP contribution < -0.4 is 14.2 Å². The normalized spacial score (nSPS) is 16.1. The highest BCUT2D eigenvalue weighted by molar-refractivity contribution is 5.70. The minimum Gasteiger partial charge on any atom is -0.497 e. The Hall–Kier alpha value is -3.55. The Kier molecular flexibility index (Phi) is 9.26. The Morgan fingerprint density at radius 2 is 1.26 bits per heavy atom. The van der Waals surface area contributed by atoms with Gasteiger partial charge in [0.1, 0.15) is 22.8 Å². The second-order valence-corrected chi connectivity index (χ2v) is 9.55. The molecule has 1 unspecified atom stereocenters. The van der Waals surface area contributed by atoms with Crippen molar-refractivity contribution in [1.29, 1.82) is 0 Å². The van der Waals surface area contributed by atoms with E-state index in [4.69, 9.17) is 18.9 Å². The molecular weight excluding hydrogens is 482 g/mol. The third kappa shape index (κ3) is 6.11. The summed E-state index contributed by atoms with van der Waals surface area (Å²) < 4.78 is 23.2. The average Bonchev–Trinajstić information content (AvgIpc) is 2.98. The molecule has 0 radical (unpaired) electrons. The van der Waals surface area contributed by atoms with Gasteiger partial charge in [-0.2, -0.15) is 0 Å². The van der Waals surface area contributed by atoms with Gasteiger partial charge < -0.3 is 29.0 Å². The lowest BCUT2D eigenvalue weighted by Crippen LogP contribution is -2.40. The molecule has 202 valence electrons. The summed E-state index contributed by atoms with van der Waals surface area (Å²) >= 11 is 0. The summed E-state index contributed by atoms with van der Waals surface area (Å²) in [4.78, 5) is 13.7. The van der Waals surface area contributed by atoms with Crippen molar-refractivity contribution in [3.8, 4) is 17.2 Å². The van der Waals surface area contributed by atoms with Gasteiger partial charge in [0.25, 0.3) is 0 Å². The van der Waals surface area contributed by atoms with Crippen LogP contribution in [0.5, 0.6) is 17.2 Å². The van der Waals surface area contributed by atoms with E-state index in [-0.39, 0.29) is 5.92 Å². The average molecular weight is 520 g/mol. The number of hydrogen-bond donors (Lipinski definition) is 1. The summed E-state index contributed by atoms with van der Waals surface area (Å²) in [5, 5.41) is 9.45. The summed E-state index contributed by atoms with van der Waals surface area (Å²) in [6.07, 6.45) is 2.43. The van der Waals surface area contributed by atoms with E-state index in [1.54, 1.807) is 21.3 Å². The SMILES string of the molecule is COc1ccc(C(OCCCN2CCCC(C(=O)O)C2)(c2ccc(OC)cc2)c2ccc(OC)cc2)cc1. The predicted octanol–water partition coefficient (Wildman–Crippen LogP) is 5.21. The van der Waals surface area contributed by atoms with Crippen LogP contribution in [-0.4, -0.2) is 63.5 Å².